The first-order valence-electron chi connectivity index (χ1n) is 11.8. The van der Waals surface area contributed by atoms with Gasteiger partial charge in [-0.2, -0.15) is 0 Å². The monoisotopic (exact) mass is 472 g/mol. The molecule has 0 aromatic carbocycles. The molecule has 2 rings (SSSR count). The van der Waals surface area contributed by atoms with Gasteiger partial charge in [-0.3, -0.25) is 0 Å². The highest BCUT2D eigenvalue weighted by atomic mass is 16.7. The van der Waals surface area contributed by atoms with Crippen molar-refractivity contribution in [1.82, 2.24) is 0 Å². The van der Waals surface area contributed by atoms with Gasteiger partial charge in [0.05, 0.1) is 18.3 Å². The molecule has 0 radical (unpaired) electrons. The second-order valence-corrected chi connectivity index (χ2v) is 9.01. The van der Waals surface area contributed by atoms with Crippen molar-refractivity contribution in [3.05, 3.63) is 23.8 Å². The molecule has 11 atom stereocenters. The summed E-state index contributed by atoms with van der Waals surface area (Å²) in [4.78, 5) is 0. The number of aliphatic hydroxyl groups is 1. The highest BCUT2D eigenvalue weighted by Gasteiger charge is 2.50. The molecular weight excluding hydrogens is 428 g/mol. The van der Waals surface area contributed by atoms with Crippen molar-refractivity contribution in [2.45, 2.75) is 89.2 Å². The predicted octanol–water partition coefficient (Wildman–Crippen LogP) is 2.73. The second kappa shape index (κ2) is 13.3. The van der Waals surface area contributed by atoms with Crippen LogP contribution in [0.4, 0.5) is 0 Å². The van der Waals surface area contributed by atoms with E-state index in [0.717, 1.165) is 12.0 Å². The molecule has 1 N–H and O–H groups in total. The van der Waals surface area contributed by atoms with Crippen molar-refractivity contribution in [1.29, 1.82) is 0 Å². The zero-order chi connectivity index (χ0) is 24.7. The number of hydrogen-bond donors (Lipinski definition) is 1. The number of hydrogen-bond acceptors (Lipinski definition) is 8. The lowest BCUT2D eigenvalue weighted by Crippen LogP contribution is -2.60. The summed E-state index contributed by atoms with van der Waals surface area (Å²) in [6.07, 6.45) is 4.20. The van der Waals surface area contributed by atoms with Crippen LogP contribution in [0.1, 0.15) is 34.1 Å². The van der Waals surface area contributed by atoms with Crippen LogP contribution in [0.3, 0.4) is 0 Å². The van der Waals surface area contributed by atoms with Crippen LogP contribution in [0.5, 0.6) is 0 Å². The van der Waals surface area contributed by atoms with E-state index in [-0.39, 0.29) is 48.5 Å². The van der Waals surface area contributed by atoms with Crippen molar-refractivity contribution in [2.75, 3.05) is 35.5 Å². The average Bonchev–Trinajstić information content (AvgIpc) is 3.63. The summed E-state index contributed by atoms with van der Waals surface area (Å²) < 4.78 is 39.9. The molecule has 8 nitrogen and oxygen atoms in total. The van der Waals surface area contributed by atoms with Gasteiger partial charge in [0.2, 0.25) is 0 Å². The van der Waals surface area contributed by atoms with E-state index >= 15 is 0 Å². The Balaban J connectivity index is 2.02. The molecule has 8 heteroatoms. The quantitative estimate of drug-likeness (QED) is 0.323. The zero-order valence-corrected chi connectivity index (χ0v) is 21.6. The van der Waals surface area contributed by atoms with Gasteiger partial charge >= 0.3 is 0 Å². The minimum atomic E-state index is -0.576. The summed E-state index contributed by atoms with van der Waals surface area (Å²) in [5.74, 6) is 0.173. The smallest absolute Gasteiger partial charge is 0.186 e. The second-order valence-electron chi connectivity index (χ2n) is 9.01. The van der Waals surface area contributed by atoms with Gasteiger partial charge in [0, 0.05) is 47.4 Å². The van der Waals surface area contributed by atoms with Gasteiger partial charge in [-0.1, -0.05) is 39.0 Å². The number of rotatable bonds is 13. The third-order valence-corrected chi connectivity index (χ3v) is 7.01. The molecule has 0 unspecified atom stereocenters. The molecule has 192 valence electrons. The Hall–Kier alpha value is -0.840. The number of allylic oxidation sites excluding steroid dienone is 2. The zero-order valence-electron chi connectivity index (χ0n) is 21.6. The highest BCUT2D eigenvalue weighted by molar-refractivity contribution is 5.19. The van der Waals surface area contributed by atoms with Crippen LogP contribution in [-0.4, -0.2) is 95.8 Å². The van der Waals surface area contributed by atoms with Crippen LogP contribution in [0, 0.1) is 11.8 Å². The van der Waals surface area contributed by atoms with Gasteiger partial charge in [0.1, 0.15) is 30.5 Å². The first kappa shape index (κ1) is 28.4. The van der Waals surface area contributed by atoms with E-state index in [0.29, 0.717) is 0 Å². The normalized spacial score (nSPS) is 36.5. The SMILES string of the molecule is CC[C@H](OC)[C@@H](C)[C@@H]1O[C@H]1[C@H](O)[C@@H](C)/C=C/C=C(\C)[C@H]1O[C@H](OC)[C@@H](OC)[C@@H](OC)[C@@H]1OC. The summed E-state index contributed by atoms with van der Waals surface area (Å²) in [5.41, 5.74) is 0.957. The lowest BCUT2D eigenvalue weighted by atomic mass is 9.91. The van der Waals surface area contributed by atoms with Crippen LogP contribution in [0.15, 0.2) is 23.8 Å². The maximum absolute atomic E-state index is 10.8. The van der Waals surface area contributed by atoms with Gasteiger partial charge < -0.3 is 38.3 Å². The maximum Gasteiger partial charge on any atom is 0.186 e. The number of methoxy groups -OCH3 is 5. The van der Waals surface area contributed by atoms with Crippen molar-refractivity contribution in [2.24, 2.45) is 11.8 Å². The van der Waals surface area contributed by atoms with E-state index in [4.69, 9.17) is 33.2 Å². The molecule has 0 aromatic heterocycles. The lowest BCUT2D eigenvalue weighted by Gasteiger charge is -2.44. The van der Waals surface area contributed by atoms with E-state index in [1.54, 1.807) is 35.5 Å². The Bertz CT molecular complexity index is 634. The number of epoxide rings is 1. The predicted molar refractivity (Wildman–Crippen MR) is 125 cm³/mol. The molecule has 0 aliphatic carbocycles. The molecular formula is C25H44O8. The number of ether oxygens (including phenoxy) is 7. The molecule has 0 bridgehead atoms. The van der Waals surface area contributed by atoms with Gasteiger partial charge in [0.25, 0.3) is 0 Å². The Morgan fingerprint density at radius 2 is 1.55 bits per heavy atom. The van der Waals surface area contributed by atoms with Crippen LogP contribution in [0.2, 0.25) is 0 Å². The largest absolute Gasteiger partial charge is 0.390 e. The number of aliphatic hydroxyl groups excluding tert-OH is 1. The Kier molecular flexibility index (Phi) is 11.4. The fourth-order valence-corrected chi connectivity index (χ4v) is 4.83. The standard InChI is InChI=1S/C25H44O8/c1-10-17(27-5)16(4)20-21(32-20)18(26)14(2)12-11-13-15(3)19-22(28-6)23(29-7)24(30-8)25(31-9)33-19/h11-14,16-26H,10H2,1-9H3/b12-11+,15-13+/t14-,16+,17-,18+,19+,20-,21-,22+,23-,24-,25-/m0/s1. The highest BCUT2D eigenvalue weighted by Crippen LogP contribution is 2.37. The first-order chi connectivity index (χ1) is 15.8. The molecule has 0 aromatic rings. The molecule has 0 saturated carbocycles. The molecule has 2 fully saturated rings. The topological polar surface area (TPSA) is 88.1 Å². The van der Waals surface area contributed by atoms with Crippen molar-refractivity contribution >= 4 is 0 Å². The minimum absolute atomic E-state index is 0.0295. The van der Waals surface area contributed by atoms with Crippen molar-refractivity contribution in [3.8, 4) is 0 Å². The maximum atomic E-state index is 10.8. The Morgan fingerprint density at radius 3 is 2.06 bits per heavy atom. The first-order valence-corrected chi connectivity index (χ1v) is 11.8. The van der Waals surface area contributed by atoms with E-state index < -0.39 is 18.5 Å². The van der Waals surface area contributed by atoms with E-state index in [9.17, 15) is 5.11 Å². The molecule has 2 saturated heterocycles. The summed E-state index contributed by atoms with van der Waals surface area (Å²) in [6, 6.07) is 0. The molecule has 2 heterocycles. The molecule has 0 amide bonds. The van der Waals surface area contributed by atoms with Crippen molar-refractivity contribution in [3.63, 3.8) is 0 Å². The van der Waals surface area contributed by atoms with Crippen LogP contribution >= 0.6 is 0 Å². The van der Waals surface area contributed by atoms with E-state index in [1.807, 2.05) is 32.1 Å². The third-order valence-electron chi connectivity index (χ3n) is 7.01. The third kappa shape index (κ3) is 6.64. The lowest BCUT2D eigenvalue weighted by molar-refractivity contribution is -0.295. The molecule has 2 aliphatic heterocycles. The van der Waals surface area contributed by atoms with Gasteiger partial charge in [-0.05, 0) is 18.9 Å². The van der Waals surface area contributed by atoms with Crippen LogP contribution in [-0.2, 0) is 33.2 Å². The average molecular weight is 473 g/mol. The van der Waals surface area contributed by atoms with Crippen molar-refractivity contribution < 1.29 is 38.3 Å². The fraction of sp³-hybridized carbons (Fsp3) is 0.840. The summed E-state index contributed by atoms with van der Waals surface area (Å²) >= 11 is 0. The summed E-state index contributed by atoms with van der Waals surface area (Å²) in [5, 5.41) is 10.8. The van der Waals surface area contributed by atoms with Crippen LogP contribution < -0.4 is 0 Å². The molecule has 0 spiro atoms. The molecule has 2 aliphatic rings. The van der Waals surface area contributed by atoms with E-state index in [1.165, 1.54) is 0 Å². The van der Waals surface area contributed by atoms with Crippen LogP contribution in [0.25, 0.3) is 0 Å². The van der Waals surface area contributed by atoms with Gasteiger partial charge in [0.15, 0.2) is 6.29 Å². The minimum Gasteiger partial charge on any atom is -0.390 e. The summed E-state index contributed by atoms with van der Waals surface area (Å²) in [7, 11) is 8.17. The van der Waals surface area contributed by atoms with E-state index in [2.05, 4.69) is 13.8 Å². The van der Waals surface area contributed by atoms with Gasteiger partial charge in [-0.15, -0.1) is 0 Å². The Labute approximate surface area is 199 Å². The Morgan fingerprint density at radius 1 is 0.909 bits per heavy atom. The van der Waals surface area contributed by atoms with Gasteiger partial charge in [-0.25, -0.2) is 0 Å². The summed E-state index contributed by atoms with van der Waals surface area (Å²) in [6.45, 7) is 8.18. The fourth-order valence-electron chi connectivity index (χ4n) is 4.83. The molecule has 33 heavy (non-hydrogen) atoms.